The zero-order valence-corrected chi connectivity index (χ0v) is 11.4. The second-order valence-corrected chi connectivity index (χ2v) is 3.95. The van der Waals surface area contributed by atoms with Crippen molar-refractivity contribution in [3.8, 4) is 0 Å². The maximum Gasteiger partial charge on any atom is 0.340 e. The van der Waals surface area contributed by atoms with Crippen molar-refractivity contribution in [2.24, 2.45) is 10.8 Å². The van der Waals surface area contributed by atoms with Crippen molar-refractivity contribution in [3.05, 3.63) is 22.5 Å². The number of hydrazone groups is 1. The van der Waals surface area contributed by atoms with Gasteiger partial charge in [0.25, 0.3) is 0 Å². The molecule has 0 spiro atoms. The maximum absolute atomic E-state index is 11.8. The van der Waals surface area contributed by atoms with Crippen molar-refractivity contribution in [1.29, 1.82) is 0 Å². The van der Waals surface area contributed by atoms with Crippen LogP contribution in [0.15, 0.2) is 5.10 Å². The molecule has 2 amide bonds. The highest BCUT2D eigenvalue weighted by molar-refractivity contribution is 6.34. The highest BCUT2D eigenvalue weighted by atomic mass is 16.5. The van der Waals surface area contributed by atoms with Gasteiger partial charge in [-0.25, -0.2) is 10.2 Å². The van der Waals surface area contributed by atoms with E-state index < -0.39 is 17.8 Å². The van der Waals surface area contributed by atoms with Gasteiger partial charge in [-0.1, -0.05) is 0 Å². The number of aryl methyl sites for hydroxylation is 1. The predicted octanol–water partition coefficient (Wildman–Crippen LogP) is -0.256. The van der Waals surface area contributed by atoms with Gasteiger partial charge in [0, 0.05) is 5.69 Å². The molecule has 1 heterocycles. The number of esters is 1. The second-order valence-electron chi connectivity index (χ2n) is 3.95. The lowest BCUT2D eigenvalue weighted by atomic mass is 10.1. The first-order chi connectivity index (χ1) is 9.38. The van der Waals surface area contributed by atoms with Crippen LogP contribution in [0.4, 0.5) is 0 Å². The Morgan fingerprint density at radius 1 is 1.40 bits per heavy atom. The molecular weight excluding hydrogens is 264 g/mol. The number of nitrogens with two attached hydrogens (primary N) is 1. The largest absolute Gasteiger partial charge is 0.462 e. The van der Waals surface area contributed by atoms with Gasteiger partial charge in [-0.3, -0.25) is 9.59 Å². The van der Waals surface area contributed by atoms with Crippen molar-refractivity contribution in [2.45, 2.75) is 20.8 Å². The molecule has 0 aliphatic carbocycles. The Kier molecular flexibility index (Phi) is 5.01. The molecule has 1 rings (SSSR count). The van der Waals surface area contributed by atoms with E-state index in [1.807, 2.05) is 5.43 Å². The average Bonchev–Trinajstić information content (AvgIpc) is 2.64. The molecule has 0 atom stereocenters. The Morgan fingerprint density at radius 3 is 2.60 bits per heavy atom. The summed E-state index contributed by atoms with van der Waals surface area (Å²) in [7, 11) is 0. The summed E-state index contributed by atoms with van der Waals surface area (Å²) in [6.45, 7) is 5.43. The van der Waals surface area contributed by atoms with Crippen molar-refractivity contribution in [3.63, 3.8) is 0 Å². The molecule has 0 aliphatic heterocycles. The predicted molar refractivity (Wildman–Crippen MR) is 71.2 cm³/mol. The fraction of sp³-hybridized carbons (Fsp3) is 0.333. The van der Waals surface area contributed by atoms with Gasteiger partial charge in [-0.2, -0.15) is 5.10 Å². The molecule has 20 heavy (non-hydrogen) atoms. The number of hydrogen-bond donors (Lipinski definition) is 3. The zero-order valence-electron chi connectivity index (χ0n) is 11.4. The summed E-state index contributed by atoms with van der Waals surface area (Å²) in [5, 5.41) is 3.57. The van der Waals surface area contributed by atoms with Gasteiger partial charge in [0.1, 0.15) is 0 Å². The van der Waals surface area contributed by atoms with Crippen LogP contribution < -0.4 is 11.2 Å². The van der Waals surface area contributed by atoms with E-state index in [0.29, 0.717) is 22.5 Å². The molecule has 8 heteroatoms. The van der Waals surface area contributed by atoms with Gasteiger partial charge < -0.3 is 15.5 Å². The molecule has 108 valence electrons. The summed E-state index contributed by atoms with van der Waals surface area (Å²) in [6, 6.07) is 0. The van der Waals surface area contributed by atoms with Crippen molar-refractivity contribution in [1.82, 2.24) is 10.4 Å². The third-order valence-electron chi connectivity index (χ3n) is 2.54. The first kappa shape index (κ1) is 15.4. The molecule has 1 aromatic rings. The number of aromatic amines is 1. The van der Waals surface area contributed by atoms with Crippen LogP contribution in [0.5, 0.6) is 0 Å². The maximum atomic E-state index is 11.8. The molecule has 0 aliphatic rings. The highest BCUT2D eigenvalue weighted by Gasteiger charge is 2.18. The van der Waals surface area contributed by atoms with E-state index >= 15 is 0 Å². The zero-order chi connectivity index (χ0) is 15.3. The summed E-state index contributed by atoms with van der Waals surface area (Å²) in [4.78, 5) is 36.1. The molecule has 1 aromatic heterocycles. The quantitative estimate of drug-likeness (QED) is 0.304. The lowest BCUT2D eigenvalue weighted by molar-refractivity contribution is -0.137. The highest BCUT2D eigenvalue weighted by Crippen LogP contribution is 2.17. The fourth-order valence-electron chi connectivity index (χ4n) is 1.62. The number of nitrogens with one attached hydrogen (secondary N) is 2. The summed E-state index contributed by atoms with van der Waals surface area (Å²) in [6.07, 6.45) is 1.28. The number of aromatic nitrogens is 1. The number of carbonyl (C=O) groups excluding carboxylic acids is 3. The normalized spacial score (nSPS) is 10.6. The number of amides is 2. The first-order valence-electron chi connectivity index (χ1n) is 5.87. The fourth-order valence-corrected chi connectivity index (χ4v) is 1.62. The molecule has 0 saturated carbocycles. The number of nitrogens with zero attached hydrogens (tertiary/aromatic N) is 1. The molecule has 0 radical (unpaired) electrons. The van der Waals surface area contributed by atoms with E-state index in [9.17, 15) is 14.4 Å². The van der Waals surface area contributed by atoms with Gasteiger partial charge in [0.05, 0.1) is 24.1 Å². The SMILES string of the molecule is CCOC(=O)c1c(C)[nH]c(/C=N/NC(=O)C(N)=O)c1C. The number of carbonyl (C=O) groups is 3. The standard InChI is InChI=1S/C12H16N4O4/c1-4-20-12(19)9-6(2)8(15-7(9)3)5-14-16-11(18)10(13)17/h5,15H,4H2,1-3H3,(H2,13,17)(H,16,18)/b14-5+. The van der Waals surface area contributed by atoms with E-state index in [-0.39, 0.29) is 6.61 Å². The summed E-state index contributed by atoms with van der Waals surface area (Å²) < 4.78 is 4.94. The summed E-state index contributed by atoms with van der Waals surface area (Å²) in [5.41, 5.74) is 8.93. The van der Waals surface area contributed by atoms with Gasteiger partial charge in [-0.15, -0.1) is 0 Å². The Bertz CT molecular complexity index is 574. The number of hydrogen-bond acceptors (Lipinski definition) is 5. The number of ether oxygens (including phenoxy) is 1. The number of primary amides is 1. The van der Waals surface area contributed by atoms with Gasteiger partial charge in [-0.05, 0) is 26.3 Å². The Hall–Kier alpha value is -2.64. The van der Waals surface area contributed by atoms with E-state index in [1.165, 1.54) is 6.21 Å². The minimum atomic E-state index is -1.13. The van der Waals surface area contributed by atoms with E-state index in [4.69, 9.17) is 10.5 Å². The topological polar surface area (TPSA) is 127 Å². The van der Waals surface area contributed by atoms with Crippen molar-refractivity contribution >= 4 is 24.0 Å². The molecule has 0 saturated heterocycles. The van der Waals surface area contributed by atoms with Crippen LogP contribution >= 0.6 is 0 Å². The third-order valence-corrected chi connectivity index (χ3v) is 2.54. The first-order valence-corrected chi connectivity index (χ1v) is 5.87. The molecule has 0 fully saturated rings. The molecule has 0 unspecified atom stereocenters. The summed E-state index contributed by atoms with van der Waals surface area (Å²) in [5.74, 6) is -2.58. The molecular formula is C12H16N4O4. The Morgan fingerprint density at radius 2 is 2.05 bits per heavy atom. The van der Waals surface area contributed by atoms with Crippen LogP contribution in [0, 0.1) is 13.8 Å². The lowest BCUT2D eigenvalue weighted by Crippen LogP contribution is -2.32. The van der Waals surface area contributed by atoms with Crippen LogP contribution in [0.1, 0.15) is 34.2 Å². The molecule has 4 N–H and O–H groups in total. The molecule has 0 aromatic carbocycles. The van der Waals surface area contributed by atoms with Crippen LogP contribution in [0.25, 0.3) is 0 Å². The van der Waals surface area contributed by atoms with E-state index in [2.05, 4.69) is 10.1 Å². The van der Waals surface area contributed by atoms with Crippen LogP contribution in [-0.4, -0.2) is 35.6 Å². The van der Waals surface area contributed by atoms with Crippen LogP contribution in [-0.2, 0) is 14.3 Å². The molecule has 0 bridgehead atoms. The minimum absolute atomic E-state index is 0.279. The third kappa shape index (κ3) is 3.44. The Labute approximate surface area is 115 Å². The minimum Gasteiger partial charge on any atom is -0.462 e. The molecule has 8 nitrogen and oxygen atoms in total. The smallest absolute Gasteiger partial charge is 0.340 e. The number of rotatable bonds is 4. The monoisotopic (exact) mass is 280 g/mol. The second kappa shape index (κ2) is 6.50. The number of H-pyrrole nitrogens is 1. The van der Waals surface area contributed by atoms with E-state index in [0.717, 1.165) is 0 Å². The summed E-state index contributed by atoms with van der Waals surface area (Å²) >= 11 is 0. The van der Waals surface area contributed by atoms with Crippen molar-refractivity contribution in [2.75, 3.05) is 6.61 Å². The van der Waals surface area contributed by atoms with Gasteiger partial charge in [0.15, 0.2) is 0 Å². The van der Waals surface area contributed by atoms with Crippen molar-refractivity contribution < 1.29 is 19.1 Å². The Balaban J connectivity index is 2.91. The van der Waals surface area contributed by atoms with E-state index in [1.54, 1.807) is 20.8 Å². The van der Waals surface area contributed by atoms with Crippen LogP contribution in [0.3, 0.4) is 0 Å². The van der Waals surface area contributed by atoms with Gasteiger partial charge >= 0.3 is 17.8 Å². The van der Waals surface area contributed by atoms with Crippen LogP contribution in [0.2, 0.25) is 0 Å². The van der Waals surface area contributed by atoms with Gasteiger partial charge in [0.2, 0.25) is 0 Å². The lowest BCUT2D eigenvalue weighted by Gasteiger charge is -2.01. The average molecular weight is 280 g/mol.